The number of H-pyrrole nitrogens is 1. The van der Waals surface area contributed by atoms with Crippen LogP contribution in [0.5, 0.6) is 0 Å². The van der Waals surface area contributed by atoms with E-state index in [-0.39, 0.29) is 17.7 Å². The fourth-order valence-corrected chi connectivity index (χ4v) is 16.9. The van der Waals surface area contributed by atoms with Crippen molar-refractivity contribution in [1.29, 1.82) is 0 Å². The smallest absolute Gasteiger partial charge is 0.258 e. The standard InChI is InChI=1S/C22H27N9O.C20H26N6O2.C19H19N7O2.C18H18N6OS.C16H17N7OS/c23-19-3-1-16(14-25-19)18-13-20(29-22(28-18)31-9-11-32-12-10-31)27-17-2-4-21(26-15-17)30-7-5-24-6-8-30;21-17-7-6-15(13-22-17)16-12-18(24-19(27)14-4-2-1-3-5-14)25-20(23-16)26-8-10-28-11-9-26;20-16-4-3-13(12-22-16)15-10-17(24-18(27)14-2-1-5-21-11-14)25-19(23-15)26-6-8-28-9-7-26;19-15-5-4-13(12-21-15)14-11-17(26-16-3-1-2-6-20-16)23-18(22-14)24-7-9-25-10-8-24;17-13-2-1-11(10-20-13)12-9-14(25-16-18-3-4-19-16)22-15(21-12)23-5-7-24-8-6-23/h1-4,13-15,24H,5-12H2,(H2,23,25)(H,27,28,29);6-7,12-14H,1-5,8-11H2,(H2,21,22)(H,23,24,25,27);1-5,10-12H,6-9H2,(H2,20,22)(H,23,24,25,27);1-6,11-12H,7-10H2,(H2,19,21);1-4,9-10H,5-8H2,(H2,17,20)(H,18,19). The number of nitrogens with two attached hydrogens (primary N) is 5. The van der Waals surface area contributed by atoms with Gasteiger partial charge < -0.3 is 108 Å². The van der Waals surface area contributed by atoms with Crippen molar-refractivity contribution >= 4 is 123 Å². The average molecular weight is 1920 g/mol. The number of ether oxygens (including phenoxy) is 5. The molecule has 15 N–H and O–H groups in total. The largest absolute Gasteiger partial charge is 0.384 e. The molecule has 0 bridgehead atoms. The van der Waals surface area contributed by atoms with E-state index in [0.29, 0.717) is 172 Å². The molecule has 7 fully saturated rings. The quantitative estimate of drug-likeness (QED) is 0.0299. The Hall–Kier alpha value is -15.2. The summed E-state index contributed by atoms with van der Waals surface area (Å²) in [5, 5.41) is 15.9. The number of piperazine rings is 1. The van der Waals surface area contributed by atoms with E-state index in [1.165, 1.54) is 36.1 Å². The fraction of sp³-hybridized carbons (Fsp3) is 0.316. The lowest BCUT2D eigenvalue weighted by Gasteiger charge is -2.28. The highest BCUT2D eigenvalue weighted by atomic mass is 32.2. The van der Waals surface area contributed by atoms with Gasteiger partial charge in [-0.05, 0) is 146 Å². The molecule has 20 heterocycles. The van der Waals surface area contributed by atoms with E-state index in [1.807, 2.05) is 90.0 Å². The molecule has 6 saturated heterocycles. The molecule has 139 heavy (non-hydrogen) atoms. The zero-order valence-electron chi connectivity index (χ0n) is 76.4. The number of nitrogen functional groups attached to an aromatic ring is 5. The number of carbonyl (C=O) groups excluding carboxylic acids is 2. The molecule has 0 spiro atoms. The van der Waals surface area contributed by atoms with Gasteiger partial charge in [0.15, 0.2) is 5.16 Å². The predicted molar refractivity (Wildman–Crippen MR) is 535 cm³/mol. The molecule has 14 aromatic rings. The number of hydrogen-bond donors (Lipinski definition) is 10. The van der Waals surface area contributed by atoms with Crippen LogP contribution in [0.4, 0.5) is 87.8 Å². The van der Waals surface area contributed by atoms with E-state index < -0.39 is 0 Å². The summed E-state index contributed by atoms with van der Waals surface area (Å²) in [6.07, 6.45) is 24.1. The Morgan fingerprint density at radius 2 is 0.770 bits per heavy atom. The van der Waals surface area contributed by atoms with Crippen LogP contribution in [0.25, 0.3) is 56.3 Å². The highest BCUT2D eigenvalue weighted by molar-refractivity contribution is 7.99. The van der Waals surface area contributed by atoms with Gasteiger partial charge in [-0.2, -0.15) is 15.0 Å². The van der Waals surface area contributed by atoms with Crippen LogP contribution in [0, 0.1) is 5.92 Å². The molecule has 0 unspecified atom stereocenters. The van der Waals surface area contributed by atoms with Crippen molar-refractivity contribution in [3.05, 3.63) is 207 Å². The molecule has 6 aliphatic heterocycles. The van der Waals surface area contributed by atoms with Crippen molar-refractivity contribution in [1.82, 2.24) is 105 Å². The van der Waals surface area contributed by atoms with Gasteiger partial charge in [0.25, 0.3) is 5.91 Å². The first-order valence-corrected chi connectivity index (χ1v) is 47.5. The summed E-state index contributed by atoms with van der Waals surface area (Å²) in [5.74, 6) is 7.93. The molecule has 0 radical (unpaired) electrons. The maximum absolute atomic E-state index is 12.7. The predicted octanol–water partition coefficient (Wildman–Crippen LogP) is 9.92. The summed E-state index contributed by atoms with van der Waals surface area (Å²) < 4.78 is 27.2. The molecule has 0 aromatic carbocycles. The number of nitrogens with zero attached hydrogens (tertiary/aromatic N) is 25. The van der Waals surface area contributed by atoms with Gasteiger partial charge in [0.1, 0.15) is 67.4 Å². The summed E-state index contributed by atoms with van der Waals surface area (Å²) >= 11 is 2.98. The Bertz CT molecular complexity index is 6270. The zero-order chi connectivity index (χ0) is 95.3. The molecule has 1 saturated carbocycles. The highest BCUT2D eigenvalue weighted by Gasteiger charge is 2.27. The van der Waals surface area contributed by atoms with Gasteiger partial charge in [0, 0.05) is 206 Å². The summed E-state index contributed by atoms with van der Waals surface area (Å²) in [7, 11) is 0. The van der Waals surface area contributed by atoms with Crippen molar-refractivity contribution in [3.63, 3.8) is 0 Å². The molecular formula is C95H107N35O7S2. The van der Waals surface area contributed by atoms with Crippen molar-refractivity contribution in [3.8, 4) is 56.3 Å². The molecule has 1 aliphatic carbocycles. The Balaban J connectivity index is 0.000000120. The van der Waals surface area contributed by atoms with E-state index in [4.69, 9.17) is 87.2 Å². The van der Waals surface area contributed by atoms with E-state index in [2.05, 4.69) is 111 Å². The van der Waals surface area contributed by atoms with E-state index in [9.17, 15) is 9.59 Å². The number of nitrogens with one attached hydrogen (secondary N) is 5. The minimum absolute atomic E-state index is 0.0488. The van der Waals surface area contributed by atoms with Gasteiger partial charge in [0.05, 0.1) is 112 Å². The second-order valence-electron chi connectivity index (χ2n) is 32.5. The van der Waals surface area contributed by atoms with Crippen LogP contribution in [-0.4, -0.2) is 269 Å². The van der Waals surface area contributed by atoms with Crippen molar-refractivity contribution in [2.75, 3.05) is 232 Å². The second kappa shape index (κ2) is 48.0. The van der Waals surface area contributed by atoms with Crippen molar-refractivity contribution in [2.24, 2.45) is 5.92 Å². The molecule has 7 aliphatic rings. The van der Waals surface area contributed by atoms with Crippen molar-refractivity contribution in [2.45, 2.75) is 52.3 Å². The maximum atomic E-state index is 12.7. The molecule has 21 rings (SSSR count). The third-order valence-electron chi connectivity index (χ3n) is 22.8. The lowest BCUT2D eigenvalue weighted by molar-refractivity contribution is -0.120. The number of carbonyl (C=O) groups is 2. The number of imidazole rings is 1. The lowest BCUT2D eigenvalue weighted by Crippen LogP contribution is -2.43. The van der Waals surface area contributed by atoms with Crippen LogP contribution in [0.2, 0.25) is 0 Å². The zero-order valence-corrected chi connectivity index (χ0v) is 78.0. The molecule has 14 aromatic heterocycles. The molecule has 42 nitrogen and oxygen atoms in total. The van der Waals surface area contributed by atoms with Gasteiger partial charge in [0.2, 0.25) is 35.6 Å². The van der Waals surface area contributed by atoms with Crippen LogP contribution >= 0.6 is 23.5 Å². The monoisotopic (exact) mass is 1910 g/mol. The van der Waals surface area contributed by atoms with Crippen LogP contribution in [0.1, 0.15) is 42.5 Å². The van der Waals surface area contributed by atoms with E-state index in [0.717, 1.165) is 181 Å². The molecule has 44 heteroatoms. The Morgan fingerprint density at radius 3 is 1.16 bits per heavy atom. The number of amides is 2. The number of anilines is 15. The maximum Gasteiger partial charge on any atom is 0.258 e. The number of aromatic amines is 1. The SMILES string of the molecule is Nc1ccc(-c2cc(NC(=O)C3CCCCC3)nc(N3CCOCC3)n2)cn1.Nc1ccc(-c2cc(NC(=O)c3cccnc3)nc(N3CCOCC3)n2)cn1.Nc1ccc(-c2cc(Nc3ccc(N4CCNCC4)nc3)nc(N3CCOCC3)n2)cn1.Nc1ccc(-c2cc(Sc3ccccn3)nc(N3CCOCC3)n2)cn1.Nc1ccc(-c2cc(Sc3ncc[nH]3)nc(N3CCOCC3)n2)cn1. The van der Waals surface area contributed by atoms with Gasteiger partial charge in [-0.15, -0.1) is 0 Å². The van der Waals surface area contributed by atoms with Crippen LogP contribution in [0.3, 0.4) is 0 Å². The molecule has 0 atom stereocenters. The Kier molecular flexibility index (Phi) is 33.0. The minimum atomic E-state index is -0.291. The Morgan fingerprint density at radius 1 is 0.353 bits per heavy atom. The highest BCUT2D eigenvalue weighted by Crippen LogP contribution is 2.35. The molecule has 2 amide bonds. The summed E-state index contributed by atoms with van der Waals surface area (Å²) in [5.41, 5.74) is 37.9. The first kappa shape index (κ1) is 95.5. The number of pyridine rings is 8. The number of aromatic nitrogens is 20. The number of rotatable bonds is 21. The summed E-state index contributed by atoms with van der Waals surface area (Å²) in [4.78, 5) is 126. The van der Waals surface area contributed by atoms with Gasteiger partial charge in [-0.25, -0.2) is 74.8 Å². The fourth-order valence-electron chi connectivity index (χ4n) is 15.4. The first-order chi connectivity index (χ1) is 68.2. The third kappa shape index (κ3) is 27.4. The summed E-state index contributed by atoms with van der Waals surface area (Å²) in [6.45, 7) is 17.8. The van der Waals surface area contributed by atoms with Crippen molar-refractivity contribution < 1.29 is 33.3 Å². The van der Waals surface area contributed by atoms with E-state index >= 15 is 0 Å². The van der Waals surface area contributed by atoms with Crippen LogP contribution < -0.4 is 79.3 Å². The second-order valence-corrected chi connectivity index (χ2v) is 34.6. The normalized spacial score (nSPS) is 15.6. The minimum Gasteiger partial charge on any atom is -0.384 e. The number of hydrogen-bond acceptors (Lipinski definition) is 41. The van der Waals surface area contributed by atoms with Gasteiger partial charge >= 0.3 is 0 Å². The number of morpholine rings is 5. The van der Waals surface area contributed by atoms with Crippen LogP contribution in [0.15, 0.2) is 222 Å². The average Bonchev–Trinajstić information content (AvgIpc) is 1.67. The van der Waals surface area contributed by atoms with Gasteiger partial charge in [-0.3, -0.25) is 14.6 Å². The summed E-state index contributed by atoms with van der Waals surface area (Å²) in [6, 6.07) is 40.9. The lowest BCUT2D eigenvalue weighted by atomic mass is 9.89. The third-order valence-corrected chi connectivity index (χ3v) is 24.5. The first-order valence-electron chi connectivity index (χ1n) is 45.8. The topological polar surface area (TPSA) is 539 Å². The van der Waals surface area contributed by atoms with Gasteiger partial charge in [-0.1, -0.05) is 25.3 Å². The van der Waals surface area contributed by atoms with E-state index in [1.54, 1.807) is 110 Å². The van der Waals surface area contributed by atoms with Crippen LogP contribution in [-0.2, 0) is 28.5 Å². The molecule has 716 valence electrons. The Labute approximate surface area is 810 Å². The molecular weight excluding hydrogens is 1810 g/mol.